The minimum atomic E-state index is -0.0546. The number of nitrogens with two attached hydrogens (primary N) is 1. The molecule has 0 saturated carbocycles. The summed E-state index contributed by atoms with van der Waals surface area (Å²) in [7, 11) is 0. The van der Waals surface area contributed by atoms with Crippen molar-refractivity contribution in [2.24, 2.45) is 5.84 Å². The Bertz CT molecular complexity index is 360. The Balaban J connectivity index is 2.79. The van der Waals surface area contributed by atoms with Gasteiger partial charge in [-0.15, -0.1) is 0 Å². The first-order valence-corrected chi connectivity index (χ1v) is 6.27. The van der Waals surface area contributed by atoms with Crippen LogP contribution in [0.25, 0.3) is 0 Å². The highest BCUT2D eigenvalue weighted by Crippen LogP contribution is 2.23. The zero-order chi connectivity index (χ0) is 13.4. The number of nitrogens with one attached hydrogen (secondary N) is 1. The molecule has 18 heavy (non-hydrogen) atoms. The molecule has 1 atom stereocenters. The number of hydrogen-bond acceptors (Lipinski definition) is 6. The van der Waals surface area contributed by atoms with E-state index in [0.717, 1.165) is 18.4 Å². The number of ether oxygens (including phenoxy) is 2. The number of nitrogen functional groups attached to an aromatic ring is 1. The first-order valence-electron chi connectivity index (χ1n) is 6.27. The van der Waals surface area contributed by atoms with Crippen LogP contribution in [0, 0.1) is 0 Å². The number of aromatic nitrogens is 2. The lowest BCUT2D eigenvalue weighted by Gasteiger charge is -2.17. The summed E-state index contributed by atoms with van der Waals surface area (Å²) in [4.78, 5) is 8.26. The van der Waals surface area contributed by atoms with Crippen molar-refractivity contribution in [3.05, 3.63) is 11.9 Å². The Morgan fingerprint density at radius 3 is 2.78 bits per heavy atom. The topological polar surface area (TPSA) is 82.3 Å². The largest absolute Gasteiger partial charge is 0.472 e. The van der Waals surface area contributed by atoms with Gasteiger partial charge in [0, 0.05) is 6.61 Å². The summed E-state index contributed by atoms with van der Waals surface area (Å²) >= 11 is 0. The molecule has 0 aromatic carbocycles. The summed E-state index contributed by atoms with van der Waals surface area (Å²) in [6.45, 7) is 7.20. The number of hydrazine groups is 1. The van der Waals surface area contributed by atoms with Gasteiger partial charge in [0.05, 0.1) is 12.2 Å². The predicted octanol–water partition coefficient (Wildman–Crippen LogP) is 1.52. The highest BCUT2D eigenvalue weighted by Gasteiger charge is 2.14. The van der Waals surface area contributed by atoms with E-state index >= 15 is 0 Å². The number of nitrogens with zero attached hydrogens (tertiary/aromatic N) is 2. The number of rotatable bonds is 8. The summed E-state index contributed by atoms with van der Waals surface area (Å²) in [5, 5.41) is 0. The average Bonchev–Trinajstić information content (AvgIpc) is 2.38. The molecule has 0 aliphatic carbocycles. The summed E-state index contributed by atoms with van der Waals surface area (Å²) in [6.07, 6.45) is 3.17. The van der Waals surface area contributed by atoms with Gasteiger partial charge in [0.1, 0.15) is 18.2 Å². The first kappa shape index (κ1) is 14.7. The molecule has 3 N–H and O–H groups in total. The van der Waals surface area contributed by atoms with Gasteiger partial charge in [-0.2, -0.15) is 0 Å². The molecule has 6 heteroatoms. The summed E-state index contributed by atoms with van der Waals surface area (Å²) < 4.78 is 11.1. The smallest absolute Gasteiger partial charge is 0.222 e. The van der Waals surface area contributed by atoms with Crippen molar-refractivity contribution in [2.45, 2.75) is 39.7 Å². The molecule has 0 bridgehead atoms. The maximum atomic E-state index is 5.77. The third-order valence-corrected chi connectivity index (χ3v) is 2.41. The second-order valence-corrected chi connectivity index (χ2v) is 3.99. The normalized spacial score (nSPS) is 12.2. The first-order chi connectivity index (χ1) is 8.72. The van der Waals surface area contributed by atoms with E-state index in [-0.39, 0.29) is 6.10 Å². The fourth-order valence-electron chi connectivity index (χ4n) is 1.61. The van der Waals surface area contributed by atoms with E-state index in [1.165, 1.54) is 6.33 Å². The number of anilines is 1. The Labute approximate surface area is 108 Å². The van der Waals surface area contributed by atoms with Crippen LogP contribution >= 0.6 is 0 Å². The van der Waals surface area contributed by atoms with Crippen LogP contribution in [0.1, 0.15) is 32.8 Å². The molecule has 0 fully saturated rings. The average molecular weight is 254 g/mol. The highest BCUT2D eigenvalue weighted by molar-refractivity contribution is 5.47. The van der Waals surface area contributed by atoms with E-state index in [1.807, 2.05) is 13.8 Å². The molecule has 1 rings (SSSR count). The molecule has 0 amide bonds. The van der Waals surface area contributed by atoms with Crippen molar-refractivity contribution >= 4 is 5.82 Å². The molecule has 102 valence electrons. The SMILES string of the molecule is CCCc1c(NN)ncnc1OC(C)COCC. The van der Waals surface area contributed by atoms with E-state index in [2.05, 4.69) is 22.3 Å². The molecular weight excluding hydrogens is 232 g/mol. The van der Waals surface area contributed by atoms with Crippen molar-refractivity contribution < 1.29 is 9.47 Å². The molecule has 1 unspecified atom stereocenters. The fraction of sp³-hybridized carbons (Fsp3) is 0.667. The maximum absolute atomic E-state index is 5.77. The predicted molar refractivity (Wildman–Crippen MR) is 70.4 cm³/mol. The van der Waals surface area contributed by atoms with Crippen LogP contribution < -0.4 is 16.0 Å². The second-order valence-electron chi connectivity index (χ2n) is 3.99. The summed E-state index contributed by atoms with van der Waals surface area (Å²) in [5.41, 5.74) is 3.48. The van der Waals surface area contributed by atoms with Gasteiger partial charge in [0.15, 0.2) is 0 Å². The fourth-order valence-corrected chi connectivity index (χ4v) is 1.61. The molecule has 6 nitrogen and oxygen atoms in total. The molecule has 0 aliphatic rings. The standard InChI is InChI=1S/C12H22N4O2/c1-4-6-10-11(16-13)14-8-15-12(10)18-9(3)7-17-5-2/h8-9H,4-7,13H2,1-3H3,(H,14,15,16). The second kappa shape index (κ2) is 7.84. The van der Waals surface area contributed by atoms with Gasteiger partial charge in [-0.1, -0.05) is 13.3 Å². The van der Waals surface area contributed by atoms with Crippen molar-refractivity contribution in [3.63, 3.8) is 0 Å². The third kappa shape index (κ3) is 4.12. The number of hydrogen-bond donors (Lipinski definition) is 2. The molecule has 1 aromatic rings. The minimum Gasteiger partial charge on any atom is -0.472 e. The Kier molecular flexibility index (Phi) is 6.38. The van der Waals surface area contributed by atoms with Gasteiger partial charge >= 0.3 is 0 Å². The minimum absolute atomic E-state index is 0.0546. The van der Waals surface area contributed by atoms with Crippen molar-refractivity contribution in [1.29, 1.82) is 0 Å². The van der Waals surface area contributed by atoms with Crippen LogP contribution in [0.3, 0.4) is 0 Å². The zero-order valence-electron chi connectivity index (χ0n) is 11.3. The monoisotopic (exact) mass is 254 g/mol. The molecule has 0 aliphatic heterocycles. The highest BCUT2D eigenvalue weighted by atomic mass is 16.5. The van der Waals surface area contributed by atoms with E-state index in [9.17, 15) is 0 Å². The van der Waals surface area contributed by atoms with Crippen LogP contribution in [0.4, 0.5) is 5.82 Å². The van der Waals surface area contributed by atoms with Crippen molar-refractivity contribution in [1.82, 2.24) is 9.97 Å². The lowest BCUT2D eigenvalue weighted by atomic mass is 10.2. The van der Waals surface area contributed by atoms with Gasteiger partial charge < -0.3 is 14.9 Å². The quantitative estimate of drug-likeness (QED) is 0.540. The Hall–Kier alpha value is -1.40. The van der Waals surface area contributed by atoms with Crippen molar-refractivity contribution in [2.75, 3.05) is 18.6 Å². The molecular formula is C12H22N4O2. The molecule has 0 radical (unpaired) electrons. The van der Waals surface area contributed by atoms with Crippen LogP contribution in [-0.2, 0) is 11.2 Å². The molecule has 0 saturated heterocycles. The summed E-state index contributed by atoms with van der Waals surface area (Å²) in [6, 6.07) is 0. The molecule has 1 heterocycles. The zero-order valence-corrected chi connectivity index (χ0v) is 11.3. The van der Waals surface area contributed by atoms with Crippen molar-refractivity contribution in [3.8, 4) is 5.88 Å². The molecule has 0 spiro atoms. The maximum Gasteiger partial charge on any atom is 0.222 e. The third-order valence-electron chi connectivity index (χ3n) is 2.41. The van der Waals surface area contributed by atoms with Gasteiger partial charge in [0.2, 0.25) is 5.88 Å². The van der Waals surface area contributed by atoms with Gasteiger partial charge in [-0.3, -0.25) is 0 Å². The Morgan fingerprint density at radius 1 is 1.39 bits per heavy atom. The Morgan fingerprint density at radius 2 is 2.17 bits per heavy atom. The van der Waals surface area contributed by atoms with Crippen LogP contribution in [0.5, 0.6) is 5.88 Å². The van der Waals surface area contributed by atoms with E-state index in [4.69, 9.17) is 15.3 Å². The van der Waals surface area contributed by atoms with Crippen LogP contribution in [-0.4, -0.2) is 29.3 Å². The van der Waals surface area contributed by atoms with Crippen LogP contribution in [0.15, 0.2) is 6.33 Å². The van der Waals surface area contributed by atoms with E-state index < -0.39 is 0 Å². The lowest BCUT2D eigenvalue weighted by molar-refractivity contribution is 0.0627. The lowest BCUT2D eigenvalue weighted by Crippen LogP contribution is -2.21. The van der Waals surface area contributed by atoms with Gasteiger partial charge in [0.25, 0.3) is 0 Å². The van der Waals surface area contributed by atoms with E-state index in [1.54, 1.807) is 0 Å². The van der Waals surface area contributed by atoms with E-state index in [0.29, 0.717) is 24.9 Å². The van der Waals surface area contributed by atoms with Gasteiger partial charge in [-0.25, -0.2) is 15.8 Å². The van der Waals surface area contributed by atoms with Gasteiger partial charge in [-0.05, 0) is 20.3 Å². The summed E-state index contributed by atoms with van der Waals surface area (Å²) in [5.74, 6) is 6.63. The van der Waals surface area contributed by atoms with Crippen LogP contribution in [0.2, 0.25) is 0 Å². The molecule has 1 aromatic heterocycles.